The van der Waals surface area contributed by atoms with Crippen LogP contribution in [0.2, 0.25) is 0 Å². The van der Waals surface area contributed by atoms with Gasteiger partial charge < -0.3 is 10.5 Å². The van der Waals surface area contributed by atoms with E-state index in [0.29, 0.717) is 13.2 Å². The zero-order chi connectivity index (χ0) is 9.10. The van der Waals surface area contributed by atoms with E-state index in [1.165, 1.54) is 36.1 Å². The van der Waals surface area contributed by atoms with Gasteiger partial charge in [-0.1, -0.05) is 0 Å². The number of hydrogen-bond acceptors (Lipinski definition) is 3. The number of rotatable bonds is 3. The van der Waals surface area contributed by atoms with Gasteiger partial charge in [0, 0.05) is 11.4 Å². The van der Waals surface area contributed by atoms with Gasteiger partial charge in [0.05, 0.1) is 0 Å². The highest BCUT2D eigenvalue weighted by Crippen LogP contribution is 2.34. The summed E-state index contributed by atoms with van der Waals surface area (Å²) in [5.74, 6) is 0. The first-order chi connectivity index (χ1) is 6.40. The minimum atomic E-state index is 0.600. The second-order valence-electron chi connectivity index (χ2n) is 3.36. The maximum absolute atomic E-state index is 5.50. The van der Waals surface area contributed by atoms with E-state index >= 15 is 0 Å². The Kier molecular flexibility index (Phi) is 2.86. The molecule has 0 spiro atoms. The van der Waals surface area contributed by atoms with E-state index in [1.807, 2.05) is 0 Å². The second kappa shape index (κ2) is 4.11. The predicted molar refractivity (Wildman–Crippen MR) is 55.5 cm³/mol. The molecule has 1 aromatic heterocycles. The Hall–Kier alpha value is -0.540. The molecule has 72 valence electrons. The first kappa shape index (κ1) is 9.03. The summed E-state index contributed by atoms with van der Waals surface area (Å²) in [5, 5.41) is 1.05. The quantitative estimate of drug-likeness (QED) is 0.804. The van der Waals surface area contributed by atoms with Crippen LogP contribution < -0.4 is 10.5 Å². The molecule has 0 radical (unpaired) electrons. The third kappa shape index (κ3) is 2.03. The molecule has 3 heteroatoms. The first-order valence-corrected chi connectivity index (χ1v) is 5.66. The lowest BCUT2D eigenvalue weighted by molar-refractivity contribution is 0.338. The average molecular weight is 197 g/mol. The molecule has 0 bridgehead atoms. The molecule has 0 atom stereocenters. The van der Waals surface area contributed by atoms with Crippen molar-refractivity contribution in [1.29, 1.82) is 0 Å². The molecule has 0 unspecified atom stereocenters. The SMILES string of the molecule is NCCOc1cc2c(s1)CCCC2. The summed E-state index contributed by atoms with van der Waals surface area (Å²) in [5.41, 5.74) is 6.88. The molecule has 2 nitrogen and oxygen atoms in total. The number of hydrogen-bond donors (Lipinski definition) is 1. The standard InChI is InChI=1S/C10H15NOS/c11-5-6-12-10-7-8-3-1-2-4-9(8)13-10/h7H,1-6,11H2. The molecule has 0 saturated heterocycles. The molecule has 0 fully saturated rings. The average Bonchev–Trinajstić information content (AvgIpc) is 2.57. The lowest BCUT2D eigenvalue weighted by Crippen LogP contribution is -2.09. The fourth-order valence-corrected chi connectivity index (χ4v) is 2.82. The lowest BCUT2D eigenvalue weighted by atomic mass is 10.00. The number of fused-ring (bicyclic) bond motifs is 1. The molecule has 0 aliphatic heterocycles. The summed E-state index contributed by atoms with van der Waals surface area (Å²) in [4.78, 5) is 1.53. The van der Waals surface area contributed by atoms with Crippen molar-refractivity contribution in [2.45, 2.75) is 25.7 Å². The Balaban J connectivity index is 2.07. The fraction of sp³-hybridized carbons (Fsp3) is 0.600. The topological polar surface area (TPSA) is 35.2 Å². The van der Waals surface area contributed by atoms with Crippen molar-refractivity contribution in [1.82, 2.24) is 0 Å². The molecular weight excluding hydrogens is 182 g/mol. The summed E-state index contributed by atoms with van der Waals surface area (Å²) in [6.45, 7) is 1.24. The summed E-state index contributed by atoms with van der Waals surface area (Å²) >= 11 is 1.80. The molecule has 0 aromatic carbocycles. The van der Waals surface area contributed by atoms with E-state index in [4.69, 9.17) is 10.5 Å². The van der Waals surface area contributed by atoms with Crippen LogP contribution in [0.15, 0.2) is 6.07 Å². The van der Waals surface area contributed by atoms with E-state index in [-0.39, 0.29) is 0 Å². The van der Waals surface area contributed by atoms with Crippen molar-refractivity contribution in [3.05, 3.63) is 16.5 Å². The first-order valence-electron chi connectivity index (χ1n) is 4.84. The van der Waals surface area contributed by atoms with E-state index in [2.05, 4.69) is 6.07 Å². The Morgan fingerprint density at radius 2 is 2.23 bits per heavy atom. The van der Waals surface area contributed by atoms with Crippen LogP contribution in [0.25, 0.3) is 0 Å². The van der Waals surface area contributed by atoms with Gasteiger partial charge in [0.25, 0.3) is 0 Å². The molecule has 2 rings (SSSR count). The molecule has 1 aromatic rings. The molecule has 13 heavy (non-hydrogen) atoms. The summed E-state index contributed by atoms with van der Waals surface area (Å²) in [7, 11) is 0. The van der Waals surface area contributed by atoms with E-state index in [1.54, 1.807) is 11.3 Å². The van der Waals surface area contributed by atoms with E-state index < -0.39 is 0 Å². The van der Waals surface area contributed by atoms with Crippen LogP contribution >= 0.6 is 11.3 Å². The third-order valence-corrected chi connectivity index (χ3v) is 3.49. The summed E-state index contributed by atoms with van der Waals surface area (Å²) in [6, 6.07) is 2.19. The van der Waals surface area contributed by atoms with Gasteiger partial charge in [-0.15, -0.1) is 11.3 Å². The van der Waals surface area contributed by atoms with Crippen LogP contribution in [0.4, 0.5) is 0 Å². The van der Waals surface area contributed by atoms with Gasteiger partial charge in [0.15, 0.2) is 5.06 Å². The van der Waals surface area contributed by atoms with Crippen molar-refractivity contribution in [3.8, 4) is 5.06 Å². The lowest BCUT2D eigenvalue weighted by Gasteiger charge is -2.08. The molecule has 1 heterocycles. The van der Waals surface area contributed by atoms with E-state index in [9.17, 15) is 0 Å². The smallest absolute Gasteiger partial charge is 0.174 e. The Morgan fingerprint density at radius 1 is 1.38 bits per heavy atom. The minimum absolute atomic E-state index is 0.600. The number of thiophene rings is 1. The van der Waals surface area contributed by atoms with Crippen molar-refractivity contribution >= 4 is 11.3 Å². The zero-order valence-electron chi connectivity index (χ0n) is 7.71. The minimum Gasteiger partial charge on any atom is -0.483 e. The third-order valence-electron chi connectivity index (χ3n) is 2.34. The summed E-state index contributed by atoms with van der Waals surface area (Å²) in [6.07, 6.45) is 5.15. The molecular formula is C10H15NOS. The molecule has 1 aliphatic rings. The largest absolute Gasteiger partial charge is 0.483 e. The monoisotopic (exact) mass is 197 g/mol. The maximum Gasteiger partial charge on any atom is 0.174 e. The molecule has 0 saturated carbocycles. The van der Waals surface area contributed by atoms with Crippen molar-refractivity contribution in [2.75, 3.05) is 13.2 Å². The highest BCUT2D eigenvalue weighted by Gasteiger charge is 2.13. The Morgan fingerprint density at radius 3 is 3.00 bits per heavy atom. The van der Waals surface area contributed by atoms with Gasteiger partial charge in [-0.05, 0) is 37.3 Å². The van der Waals surface area contributed by atoms with Gasteiger partial charge in [-0.2, -0.15) is 0 Å². The molecule has 2 N–H and O–H groups in total. The highest BCUT2D eigenvalue weighted by atomic mass is 32.1. The summed E-state index contributed by atoms with van der Waals surface area (Å²) < 4.78 is 5.50. The molecule has 1 aliphatic carbocycles. The zero-order valence-corrected chi connectivity index (χ0v) is 8.53. The van der Waals surface area contributed by atoms with Crippen molar-refractivity contribution in [2.24, 2.45) is 5.73 Å². The van der Waals surface area contributed by atoms with Crippen LogP contribution in [-0.4, -0.2) is 13.2 Å². The maximum atomic E-state index is 5.50. The predicted octanol–water partition coefficient (Wildman–Crippen LogP) is 1.96. The number of ether oxygens (including phenoxy) is 1. The van der Waals surface area contributed by atoms with Crippen LogP contribution in [0.5, 0.6) is 5.06 Å². The second-order valence-corrected chi connectivity index (χ2v) is 4.46. The van der Waals surface area contributed by atoms with Crippen LogP contribution in [0.1, 0.15) is 23.3 Å². The van der Waals surface area contributed by atoms with Crippen LogP contribution in [-0.2, 0) is 12.8 Å². The number of nitrogens with two attached hydrogens (primary N) is 1. The van der Waals surface area contributed by atoms with Gasteiger partial charge in [-0.3, -0.25) is 0 Å². The number of aryl methyl sites for hydroxylation is 2. The van der Waals surface area contributed by atoms with Crippen LogP contribution in [0, 0.1) is 0 Å². The van der Waals surface area contributed by atoms with Crippen LogP contribution in [0.3, 0.4) is 0 Å². The van der Waals surface area contributed by atoms with Crippen molar-refractivity contribution < 1.29 is 4.74 Å². The van der Waals surface area contributed by atoms with Gasteiger partial charge in [0.2, 0.25) is 0 Å². The molecule has 0 amide bonds. The Labute approximate surface area is 82.7 Å². The van der Waals surface area contributed by atoms with E-state index in [0.717, 1.165) is 5.06 Å². The van der Waals surface area contributed by atoms with Gasteiger partial charge in [-0.25, -0.2) is 0 Å². The van der Waals surface area contributed by atoms with Crippen molar-refractivity contribution in [3.63, 3.8) is 0 Å². The highest BCUT2D eigenvalue weighted by molar-refractivity contribution is 7.14. The van der Waals surface area contributed by atoms with Gasteiger partial charge >= 0.3 is 0 Å². The fourth-order valence-electron chi connectivity index (χ4n) is 1.69. The van der Waals surface area contributed by atoms with Gasteiger partial charge in [0.1, 0.15) is 6.61 Å². The Bertz CT molecular complexity index is 259. The normalized spacial score (nSPS) is 15.5.